The normalized spacial score (nSPS) is 9.00. The Morgan fingerprint density at radius 2 is 0.746 bits per heavy atom. The summed E-state index contributed by atoms with van der Waals surface area (Å²) in [5.41, 5.74) is 0.326. The molecule has 0 aliphatic carbocycles. The molecule has 0 amide bonds. The smallest absolute Gasteiger partial charge is 0.187 e. The number of carbonyl (C=O) groups is 3. The molecule has 3 aromatic rings. The van der Waals surface area contributed by atoms with Crippen LogP contribution in [0.3, 0.4) is 0 Å². The molecule has 0 bridgehead atoms. The maximum atomic E-state index is 11.5. The van der Waals surface area contributed by atoms with E-state index in [1.165, 1.54) is 45.2 Å². The van der Waals surface area contributed by atoms with Gasteiger partial charge in [-0.25, -0.2) is 0 Å². The summed E-state index contributed by atoms with van der Waals surface area (Å²) >= 11 is 0. The molecule has 0 fully saturated rings. The van der Waals surface area contributed by atoms with Crippen molar-refractivity contribution in [3.63, 3.8) is 0 Å². The quantitative estimate of drug-likeness (QED) is 0.111. The van der Waals surface area contributed by atoms with Crippen LogP contribution in [0.4, 0.5) is 0 Å². The Balaban J connectivity index is -0.000000402. The van der Waals surface area contributed by atoms with Crippen molar-refractivity contribution in [3.05, 3.63) is 135 Å². The first-order chi connectivity index (χ1) is 34.1. The predicted molar refractivity (Wildman–Crippen MR) is 271 cm³/mol. The molecule has 0 atom stereocenters. The van der Waals surface area contributed by atoms with Crippen LogP contribution in [-0.4, -0.2) is 64.0 Å². The minimum Gasteiger partial charge on any atom is -0.307 e. The number of hydrogen-bond acceptors (Lipinski definition) is 12. The summed E-state index contributed by atoms with van der Waals surface area (Å²) in [6.07, 6.45) is 3.75. The van der Waals surface area contributed by atoms with Gasteiger partial charge in [-0.15, -0.1) is 0 Å². The second kappa shape index (κ2) is 41.1. The van der Waals surface area contributed by atoms with Gasteiger partial charge in [0.25, 0.3) is 0 Å². The first-order valence-corrected chi connectivity index (χ1v) is 20.0. The van der Waals surface area contributed by atoms with Gasteiger partial charge in [-0.05, 0) is 20.6 Å². The number of ketones is 2. The van der Waals surface area contributed by atoms with Gasteiger partial charge in [0.05, 0.1) is 0 Å². The molecular formula is C51H49B4N9O3. The molecule has 2 radical (unpaired) electrons. The van der Waals surface area contributed by atoms with Gasteiger partial charge >= 0.3 is 197 Å². The number of nitriles is 9. The summed E-state index contributed by atoms with van der Waals surface area (Å²) in [4.78, 5) is 33.6. The molecule has 328 valence electrons. The maximum absolute atomic E-state index is 11.5. The van der Waals surface area contributed by atoms with E-state index in [2.05, 4.69) is 41.5 Å². The summed E-state index contributed by atoms with van der Waals surface area (Å²) in [5, 5.41) is 78.6. The molecule has 0 N–H and O–H groups in total. The van der Waals surface area contributed by atoms with Crippen molar-refractivity contribution in [1.82, 2.24) is 0 Å². The van der Waals surface area contributed by atoms with Crippen LogP contribution in [0.15, 0.2) is 119 Å². The Labute approximate surface area is 405 Å². The van der Waals surface area contributed by atoms with Gasteiger partial charge in [-0.2, -0.15) is 21.0 Å². The molecule has 0 heterocycles. The number of Topliss-reactive ketones (excluding diaryl/α,β-unsaturated/α-hetero) is 2. The van der Waals surface area contributed by atoms with Crippen LogP contribution in [0.1, 0.15) is 91.3 Å². The largest absolute Gasteiger partial charge is 0.307 e. The third-order valence-corrected chi connectivity index (χ3v) is 6.77. The van der Waals surface area contributed by atoms with Crippen molar-refractivity contribution < 1.29 is 14.4 Å². The van der Waals surface area contributed by atoms with Gasteiger partial charge in [0.15, 0.2) is 7.81 Å². The third kappa shape index (κ3) is 26.3. The maximum Gasteiger partial charge on any atom is 0.187 e. The van der Waals surface area contributed by atoms with E-state index in [0.29, 0.717) is 32.3 Å². The third-order valence-electron chi connectivity index (χ3n) is 6.77. The SMILES string of the molecule is CCC.CCC.CCC.[2H]B=C(C#N)C(=C(C#N)C#N)c1ccccc1.[2H]B=C(C(C)=O)C(=C(C#N)C#N)c1ccccc1.[2H][B]C(=O)C(=C(C#N)C#N)c1ccccc1.[2H][B]C(C(C)=O)=C(C#N)C#N. The topological polar surface area (TPSA) is 265 Å². The van der Waals surface area contributed by atoms with Crippen LogP contribution in [0, 0.1) is 102 Å². The van der Waals surface area contributed by atoms with Crippen LogP contribution in [0.5, 0.6) is 0 Å². The van der Waals surface area contributed by atoms with Gasteiger partial charge in [0, 0.05) is 5.57 Å². The summed E-state index contributed by atoms with van der Waals surface area (Å²) < 4.78 is 28.0. The van der Waals surface area contributed by atoms with E-state index in [0.717, 1.165) is 14.9 Å². The summed E-state index contributed by atoms with van der Waals surface area (Å²) in [7, 11) is 3.03. The molecule has 0 aliphatic rings. The van der Waals surface area contributed by atoms with E-state index in [1.807, 2.05) is 6.07 Å². The van der Waals surface area contributed by atoms with Crippen LogP contribution >= 0.6 is 0 Å². The second-order valence-corrected chi connectivity index (χ2v) is 12.6. The Morgan fingerprint density at radius 3 is 0.985 bits per heavy atom. The molecule has 0 aliphatic heterocycles. The number of nitrogens with zero attached hydrogens (tertiary/aromatic N) is 9. The first-order valence-electron chi connectivity index (χ1n) is 22.3. The minimum atomic E-state index is -0.649. The molecule has 3 rings (SSSR count). The standard InChI is InChI=1S/C13H9BN2O.C12H6BN3.C11H6BN2O.C6H4BN2O.3C3H8/c1-9(17)13(14)12(11(7-15)8-16)10-5-3-2-4-6-10;13-11(8-16)12(10(6-14)7-15)9-4-2-1-3-5-9;12-11(15)10(9(6-13)7-14)8-4-2-1-3-5-8;1-4(10)6(7)5(2-8)3-9;3*1-3-2/h2-6,14H,1H3;1-5,13H;1-5,12H;7H,1H3;3*3H2,1-2H3/i14D;13D;12D;7D;;;. The van der Waals surface area contributed by atoms with Gasteiger partial charge in [0.2, 0.25) is 0 Å². The summed E-state index contributed by atoms with van der Waals surface area (Å²) in [6.45, 7) is 15.3. The van der Waals surface area contributed by atoms with E-state index in [4.69, 9.17) is 52.7 Å². The molecule has 67 heavy (non-hydrogen) atoms. The molecule has 16 heteroatoms. The molecular weight excluding hydrogens is 830 g/mol. The van der Waals surface area contributed by atoms with Gasteiger partial charge in [-0.1, -0.05) is 91.1 Å². The Hall–Kier alpha value is -8.96. The van der Waals surface area contributed by atoms with Gasteiger partial charge in [-0.3, -0.25) is 4.79 Å². The monoisotopic (exact) mass is 883 g/mol. The number of carbonyl (C=O) groups excluding carboxylic acids is 3. The van der Waals surface area contributed by atoms with Crippen LogP contribution in [0.2, 0.25) is 0 Å². The van der Waals surface area contributed by atoms with Crippen LogP contribution in [0.25, 0.3) is 16.7 Å². The van der Waals surface area contributed by atoms with Crippen molar-refractivity contribution in [2.24, 2.45) is 0 Å². The van der Waals surface area contributed by atoms with Crippen molar-refractivity contribution in [3.8, 4) is 54.6 Å². The van der Waals surface area contributed by atoms with Crippen molar-refractivity contribution in [2.45, 2.75) is 74.7 Å². The van der Waals surface area contributed by atoms with Crippen LogP contribution < -0.4 is 0 Å². The Bertz CT molecular complexity index is 2740. The molecule has 3 aromatic carbocycles. The van der Waals surface area contributed by atoms with E-state index >= 15 is 0 Å². The molecule has 0 saturated carbocycles. The van der Waals surface area contributed by atoms with E-state index in [9.17, 15) is 14.4 Å². The first kappa shape index (κ1) is 56.1. The minimum absolute atomic E-state index is 0.00528. The fraction of sp³-hybridized carbons (Fsp3) is 0.216. The predicted octanol–water partition coefficient (Wildman–Crippen LogP) is 7.17. The zero-order valence-electron chi connectivity index (χ0n) is 42.8. The van der Waals surface area contributed by atoms with Crippen LogP contribution in [-0.2, 0) is 14.4 Å². The molecule has 0 aromatic heterocycles. The average molecular weight is 883 g/mol. The zero-order valence-corrected chi connectivity index (χ0v) is 38.8. The molecule has 0 spiro atoms. The molecule has 0 unspecified atom stereocenters. The fourth-order valence-corrected chi connectivity index (χ4v) is 4.06. The number of allylic oxidation sites excluding steroid dienone is 8. The van der Waals surface area contributed by atoms with E-state index in [1.54, 1.807) is 127 Å². The van der Waals surface area contributed by atoms with Crippen molar-refractivity contribution in [1.29, 1.82) is 52.7 Å². The van der Waals surface area contributed by atoms with E-state index in [-0.39, 0.29) is 61.2 Å². The van der Waals surface area contributed by atoms with Crippen molar-refractivity contribution in [2.75, 3.05) is 0 Å². The second-order valence-electron chi connectivity index (χ2n) is 12.6. The Kier molecular flexibility index (Phi) is 34.4. The van der Waals surface area contributed by atoms with E-state index < -0.39 is 11.5 Å². The average Bonchev–Trinajstić information content (AvgIpc) is 3.39. The van der Waals surface area contributed by atoms with Gasteiger partial charge < -0.3 is 4.79 Å². The van der Waals surface area contributed by atoms with Gasteiger partial charge in [0.1, 0.15) is 54.7 Å². The zero-order chi connectivity index (χ0) is 55.2. The molecule has 12 nitrogen and oxygen atoms in total. The van der Waals surface area contributed by atoms with Crippen molar-refractivity contribution >= 4 is 75.4 Å². The molecule has 0 saturated heterocycles. The summed E-state index contributed by atoms with van der Waals surface area (Å²) in [5.74, 6) is -0.801. The fourth-order valence-electron chi connectivity index (χ4n) is 4.06. The Morgan fingerprint density at radius 1 is 0.433 bits per heavy atom. The number of hydrogen-bond donors (Lipinski definition) is 0. The summed E-state index contributed by atoms with van der Waals surface area (Å²) in [6, 6.07) is 40.9. The number of rotatable bonds is 10. The number of benzene rings is 3.